The van der Waals surface area contributed by atoms with Crippen LogP contribution < -0.4 is 0 Å². The first kappa shape index (κ1) is 14.4. The summed E-state index contributed by atoms with van der Waals surface area (Å²) in [7, 11) is 1.94. The van der Waals surface area contributed by atoms with Crippen LogP contribution in [0.1, 0.15) is 21.1 Å². The SMILES string of the molecule is Cc1cccc(CN(C)CC(=O)c2ccc(Br)s2)n1. The molecule has 0 bridgehead atoms. The lowest BCUT2D eigenvalue weighted by Crippen LogP contribution is -2.25. The second-order valence-corrected chi connectivity index (χ2v) is 6.93. The number of pyridine rings is 1. The molecule has 0 saturated heterocycles. The van der Waals surface area contributed by atoms with E-state index >= 15 is 0 Å². The number of thiophene rings is 1. The van der Waals surface area contributed by atoms with Crippen LogP contribution in [0.4, 0.5) is 0 Å². The Morgan fingerprint density at radius 3 is 2.79 bits per heavy atom. The summed E-state index contributed by atoms with van der Waals surface area (Å²) >= 11 is 4.84. The first-order chi connectivity index (χ1) is 9.04. The van der Waals surface area contributed by atoms with Gasteiger partial charge in [0.25, 0.3) is 0 Å². The van der Waals surface area contributed by atoms with E-state index in [4.69, 9.17) is 0 Å². The molecule has 0 amide bonds. The van der Waals surface area contributed by atoms with Gasteiger partial charge in [-0.05, 0) is 54.2 Å². The Hall–Kier alpha value is -1.04. The van der Waals surface area contributed by atoms with Gasteiger partial charge in [0.15, 0.2) is 5.78 Å². The summed E-state index contributed by atoms with van der Waals surface area (Å²) in [6.07, 6.45) is 0. The van der Waals surface area contributed by atoms with Crippen molar-refractivity contribution in [1.29, 1.82) is 0 Å². The molecule has 0 aromatic carbocycles. The van der Waals surface area contributed by atoms with Gasteiger partial charge in [-0.1, -0.05) is 6.07 Å². The highest BCUT2D eigenvalue weighted by Gasteiger charge is 2.12. The Balaban J connectivity index is 1.94. The number of ketones is 1. The fraction of sp³-hybridized carbons (Fsp3) is 0.286. The molecule has 5 heteroatoms. The number of carbonyl (C=O) groups excluding carboxylic acids is 1. The molecular formula is C14H15BrN2OS. The van der Waals surface area contributed by atoms with Crippen molar-refractivity contribution < 1.29 is 4.79 Å². The number of halogens is 1. The molecule has 0 aliphatic rings. The van der Waals surface area contributed by atoms with E-state index in [0.29, 0.717) is 13.1 Å². The molecule has 0 radical (unpaired) electrons. The minimum absolute atomic E-state index is 0.144. The number of aromatic nitrogens is 1. The number of hydrogen-bond donors (Lipinski definition) is 0. The number of Topliss-reactive ketones (excluding diaryl/α,β-unsaturated/α-hetero) is 1. The average Bonchev–Trinajstić information content (AvgIpc) is 2.75. The minimum Gasteiger partial charge on any atom is -0.293 e. The van der Waals surface area contributed by atoms with Crippen molar-refractivity contribution in [1.82, 2.24) is 9.88 Å². The number of hydrogen-bond acceptors (Lipinski definition) is 4. The molecule has 100 valence electrons. The molecule has 0 aliphatic heterocycles. The standard InChI is InChI=1S/C14H15BrN2OS/c1-10-4-3-5-11(16-10)8-17(2)9-12(18)13-6-7-14(15)19-13/h3-7H,8-9H2,1-2H3. The van der Waals surface area contributed by atoms with Gasteiger partial charge >= 0.3 is 0 Å². The molecule has 0 spiro atoms. The summed E-state index contributed by atoms with van der Waals surface area (Å²) in [5.74, 6) is 0.144. The summed E-state index contributed by atoms with van der Waals surface area (Å²) in [6.45, 7) is 3.06. The van der Waals surface area contributed by atoms with Gasteiger partial charge in [-0.2, -0.15) is 0 Å². The topological polar surface area (TPSA) is 33.2 Å². The van der Waals surface area contributed by atoms with Gasteiger partial charge < -0.3 is 0 Å². The second kappa shape index (κ2) is 6.41. The number of rotatable bonds is 5. The van der Waals surface area contributed by atoms with Gasteiger partial charge in [0.05, 0.1) is 20.9 Å². The van der Waals surface area contributed by atoms with E-state index in [9.17, 15) is 4.79 Å². The fourth-order valence-electron chi connectivity index (χ4n) is 1.81. The maximum Gasteiger partial charge on any atom is 0.186 e. The normalized spacial score (nSPS) is 10.9. The molecule has 19 heavy (non-hydrogen) atoms. The summed E-state index contributed by atoms with van der Waals surface area (Å²) in [5.41, 5.74) is 1.99. The summed E-state index contributed by atoms with van der Waals surface area (Å²) in [6, 6.07) is 9.70. The third-order valence-corrected chi connectivity index (χ3v) is 4.30. The van der Waals surface area contributed by atoms with E-state index < -0.39 is 0 Å². The quantitative estimate of drug-likeness (QED) is 0.782. The van der Waals surface area contributed by atoms with Crippen LogP contribution in [0.2, 0.25) is 0 Å². The Bertz CT molecular complexity index is 582. The van der Waals surface area contributed by atoms with Crippen LogP contribution in [-0.4, -0.2) is 29.3 Å². The molecule has 2 heterocycles. The zero-order valence-corrected chi connectivity index (χ0v) is 13.3. The molecule has 2 rings (SSSR count). The third kappa shape index (κ3) is 4.23. The third-order valence-electron chi connectivity index (χ3n) is 2.64. The molecule has 0 saturated carbocycles. The van der Waals surface area contributed by atoms with Crippen LogP contribution in [0.5, 0.6) is 0 Å². The average molecular weight is 339 g/mol. The lowest BCUT2D eigenvalue weighted by molar-refractivity contribution is 0.0946. The highest BCUT2D eigenvalue weighted by Crippen LogP contribution is 2.22. The van der Waals surface area contributed by atoms with Crippen LogP contribution >= 0.6 is 27.3 Å². The van der Waals surface area contributed by atoms with Crippen molar-refractivity contribution in [2.75, 3.05) is 13.6 Å². The van der Waals surface area contributed by atoms with Gasteiger partial charge in [0.2, 0.25) is 0 Å². The predicted octanol–water partition coefficient (Wildman–Crippen LogP) is 3.53. The van der Waals surface area contributed by atoms with E-state index in [1.165, 1.54) is 11.3 Å². The van der Waals surface area contributed by atoms with Crippen LogP contribution in [0.3, 0.4) is 0 Å². The van der Waals surface area contributed by atoms with E-state index in [1.807, 2.05) is 49.2 Å². The van der Waals surface area contributed by atoms with E-state index in [0.717, 1.165) is 20.1 Å². The molecular weight excluding hydrogens is 324 g/mol. The predicted molar refractivity (Wildman–Crippen MR) is 81.7 cm³/mol. The Labute approximate surface area is 125 Å². The van der Waals surface area contributed by atoms with Gasteiger partial charge in [0.1, 0.15) is 0 Å². The number of aryl methyl sites for hydroxylation is 1. The number of carbonyl (C=O) groups is 1. The lowest BCUT2D eigenvalue weighted by Gasteiger charge is -2.14. The molecule has 0 atom stereocenters. The molecule has 0 N–H and O–H groups in total. The zero-order chi connectivity index (χ0) is 13.8. The summed E-state index contributed by atoms with van der Waals surface area (Å²) < 4.78 is 0.985. The fourth-order valence-corrected chi connectivity index (χ4v) is 3.12. The van der Waals surface area contributed by atoms with E-state index in [1.54, 1.807) is 0 Å². The van der Waals surface area contributed by atoms with Crippen LogP contribution in [0, 0.1) is 6.92 Å². The first-order valence-corrected chi connectivity index (χ1v) is 7.55. The van der Waals surface area contributed by atoms with Crippen molar-refractivity contribution >= 4 is 33.0 Å². The maximum absolute atomic E-state index is 12.1. The highest BCUT2D eigenvalue weighted by molar-refractivity contribution is 9.11. The molecule has 2 aromatic rings. The zero-order valence-electron chi connectivity index (χ0n) is 10.9. The molecule has 0 fully saturated rings. The Morgan fingerprint density at radius 2 is 2.16 bits per heavy atom. The van der Waals surface area contributed by atoms with Crippen LogP contribution in [0.15, 0.2) is 34.1 Å². The Morgan fingerprint density at radius 1 is 1.37 bits per heavy atom. The smallest absolute Gasteiger partial charge is 0.186 e. The first-order valence-electron chi connectivity index (χ1n) is 5.94. The monoisotopic (exact) mass is 338 g/mol. The Kier molecular flexibility index (Phi) is 4.85. The summed E-state index contributed by atoms with van der Waals surface area (Å²) in [5, 5.41) is 0. The highest BCUT2D eigenvalue weighted by atomic mass is 79.9. The molecule has 0 aliphatic carbocycles. The van der Waals surface area contributed by atoms with Crippen molar-refractivity contribution in [3.8, 4) is 0 Å². The van der Waals surface area contributed by atoms with Crippen molar-refractivity contribution in [3.05, 3.63) is 50.4 Å². The molecule has 3 nitrogen and oxygen atoms in total. The van der Waals surface area contributed by atoms with Crippen molar-refractivity contribution in [2.45, 2.75) is 13.5 Å². The summed E-state index contributed by atoms with van der Waals surface area (Å²) in [4.78, 5) is 19.3. The van der Waals surface area contributed by atoms with Gasteiger partial charge in [-0.25, -0.2) is 0 Å². The lowest BCUT2D eigenvalue weighted by atomic mass is 10.2. The largest absolute Gasteiger partial charge is 0.293 e. The maximum atomic E-state index is 12.1. The number of likely N-dealkylation sites (N-methyl/N-ethyl adjacent to an activating group) is 1. The van der Waals surface area contributed by atoms with Gasteiger partial charge in [0, 0.05) is 12.2 Å². The van der Waals surface area contributed by atoms with Gasteiger partial charge in [-0.15, -0.1) is 11.3 Å². The molecule has 2 aromatic heterocycles. The number of nitrogens with zero attached hydrogens (tertiary/aromatic N) is 2. The van der Waals surface area contributed by atoms with Crippen molar-refractivity contribution in [2.24, 2.45) is 0 Å². The van der Waals surface area contributed by atoms with Crippen LogP contribution in [-0.2, 0) is 6.54 Å². The second-order valence-electron chi connectivity index (χ2n) is 4.47. The van der Waals surface area contributed by atoms with E-state index in [-0.39, 0.29) is 5.78 Å². The van der Waals surface area contributed by atoms with Crippen LogP contribution in [0.25, 0.3) is 0 Å². The minimum atomic E-state index is 0.144. The van der Waals surface area contributed by atoms with Gasteiger partial charge in [-0.3, -0.25) is 14.7 Å². The van der Waals surface area contributed by atoms with Crippen molar-refractivity contribution in [3.63, 3.8) is 0 Å². The molecule has 0 unspecified atom stereocenters. The van der Waals surface area contributed by atoms with E-state index in [2.05, 4.69) is 20.9 Å².